The number of nitrogens with zero attached hydrogens (tertiary/aromatic N) is 2. The highest BCUT2D eigenvalue weighted by molar-refractivity contribution is 5.95. The standard InChI is InChI=1S/C20H28N4O/c1-14-19(15(2)23-22-14)21-20(25)16(3)24-11-9-18(10-12-24)13-17-7-5-4-6-8-17/h4-8,16,18H,9-13H2,1-3H3,(H,21,25)(H,22,23)/t16-/m1/s1. The van der Waals surface area contributed by atoms with Crippen molar-refractivity contribution in [3.8, 4) is 0 Å². The quantitative estimate of drug-likeness (QED) is 0.878. The van der Waals surface area contributed by atoms with Crippen LogP contribution in [-0.2, 0) is 11.2 Å². The molecule has 0 aliphatic carbocycles. The van der Waals surface area contributed by atoms with Crippen molar-refractivity contribution in [2.45, 2.75) is 46.1 Å². The zero-order valence-corrected chi connectivity index (χ0v) is 15.4. The first kappa shape index (κ1) is 17.7. The first-order valence-electron chi connectivity index (χ1n) is 9.15. The summed E-state index contributed by atoms with van der Waals surface area (Å²) in [5.74, 6) is 0.765. The molecule has 5 heteroatoms. The van der Waals surface area contributed by atoms with Gasteiger partial charge in [-0.05, 0) is 64.6 Å². The Morgan fingerprint density at radius 3 is 2.56 bits per heavy atom. The number of carbonyl (C=O) groups excluding carboxylic acids is 1. The van der Waals surface area contributed by atoms with Crippen LogP contribution in [0.5, 0.6) is 0 Å². The zero-order chi connectivity index (χ0) is 17.8. The predicted octanol–water partition coefficient (Wildman–Crippen LogP) is 3.31. The van der Waals surface area contributed by atoms with E-state index in [-0.39, 0.29) is 11.9 Å². The van der Waals surface area contributed by atoms with Crippen molar-refractivity contribution >= 4 is 11.6 Å². The Morgan fingerprint density at radius 1 is 1.28 bits per heavy atom. The number of hydrogen-bond acceptors (Lipinski definition) is 3. The molecule has 1 saturated heterocycles. The fourth-order valence-electron chi connectivity index (χ4n) is 3.62. The third-order valence-corrected chi connectivity index (χ3v) is 5.32. The third-order valence-electron chi connectivity index (χ3n) is 5.32. The van der Waals surface area contributed by atoms with E-state index in [2.05, 4.69) is 50.7 Å². The van der Waals surface area contributed by atoms with Crippen molar-refractivity contribution in [2.24, 2.45) is 5.92 Å². The normalized spacial score (nSPS) is 17.4. The minimum absolute atomic E-state index is 0.0501. The van der Waals surface area contributed by atoms with Crippen molar-refractivity contribution in [1.82, 2.24) is 15.1 Å². The number of benzene rings is 1. The lowest BCUT2D eigenvalue weighted by Crippen LogP contribution is -2.46. The van der Waals surface area contributed by atoms with Crippen molar-refractivity contribution in [1.29, 1.82) is 0 Å². The minimum atomic E-state index is -0.119. The summed E-state index contributed by atoms with van der Waals surface area (Å²) in [6.45, 7) is 7.79. The molecule has 3 rings (SSSR count). The molecule has 2 heterocycles. The number of piperidine rings is 1. The fraction of sp³-hybridized carbons (Fsp3) is 0.500. The second-order valence-electron chi connectivity index (χ2n) is 7.14. The van der Waals surface area contributed by atoms with Crippen LogP contribution in [0.4, 0.5) is 5.69 Å². The van der Waals surface area contributed by atoms with Crippen LogP contribution < -0.4 is 5.32 Å². The first-order valence-corrected chi connectivity index (χ1v) is 9.15. The van der Waals surface area contributed by atoms with Crippen molar-refractivity contribution in [2.75, 3.05) is 18.4 Å². The lowest BCUT2D eigenvalue weighted by atomic mass is 9.89. The summed E-state index contributed by atoms with van der Waals surface area (Å²) in [4.78, 5) is 14.9. The van der Waals surface area contributed by atoms with Gasteiger partial charge in [0.05, 0.1) is 23.1 Å². The number of nitrogens with one attached hydrogen (secondary N) is 2. The second kappa shape index (κ2) is 7.83. The Labute approximate surface area is 149 Å². The molecule has 1 aromatic carbocycles. The largest absolute Gasteiger partial charge is 0.322 e. The summed E-state index contributed by atoms with van der Waals surface area (Å²) in [5.41, 5.74) is 3.97. The van der Waals surface area contributed by atoms with E-state index in [0.717, 1.165) is 49.4 Å². The lowest BCUT2D eigenvalue weighted by Gasteiger charge is -2.35. The van der Waals surface area contributed by atoms with Crippen molar-refractivity contribution in [3.05, 3.63) is 47.3 Å². The molecule has 1 amide bonds. The predicted molar refractivity (Wildman–Crippen MR) is 101 cm³/mol. The maximum Gasteiger partial charge on any atom is 0.241 e. The third kappa shape index (κ3) is 4.28. The molecule has 0 spiro atoms. The molecular formula is C20H28N4O. The number of aromatic nitrogens is 2. The van der Waals surface area contributed by atoms with Crippen LogP contribution in [0.3, 0.4) is 0 Å². The second-order valence-corrected chi connectivity index (χ2v) is 7.14. The average Bonchev–Trinajstić information content (AvgIpc) is 2.94. The van der Waals surface area contributed by atoms with Crippen LogP contribution >= 0.6 is 0 Å². The van der Waals surface area contributed by atoms with Crippen LogP contribution in [0.1, 0.15) is 36.7 Å². The van der Waals surface area contributed by atoms with Gasteiger partial charge in [0, 0.05) is 0 Å². The van der Waals surface area contributed by atoms with Gasteiger partial charge in [0.1, 0.15) is 0 Å². The van der Waals surface area contributed by atoms with Gasteiger partial charge in [-0.25, -0.2) is 0 Å². The number of anilines is 1. The van der Waals surface area contributed by atoms with E-state index in [4.69, 9.17) is 0 Å². The van der Waals surface area contributed by atoms with Crippen LogP contribution in [0.2, 0.25) is 0 Å². The van der Waals surface area contributed by atoms with E-state index in [0.29, 0.717) is 5.92 Å². The number of likely N-dealkylation sites (tertiary alicyclic amines) is 1. The Bertz CT molecular complexity index is 682. The first-order chi connectivity index (χ1) is 12.0. The van der Waals surface area contributed by atoms with Gasteiger partial charge in [0.25, 0.3) is 0 Å². The Hall–Kier alpha value is -2.14. The van der Waals surface area contributed by atoms with E-state index >= 15 is 0 Å². The number of carbonyl (C=O) groups is 1. The molecule has 0 saturated carbocycles. The van der Waals surface area contributed by atoms with Gasteiger partial charge in [-0.3, -0.25) is 14.8 Å². The van der Waals surface area contributed by atoms with Crippen molar-refractivity contribution in [3.63, 3.8) is 0 Å². The number of aromatic amines is 1. The number of H-pyrrole nitrogens is 1. The van der Waals surface area contributed by atoms with Crippen molar-refractivity contribution < 1.29 is 4.79 Å². The molecule has 1 aliphatic rings. The highest BCUT2D eigenvalue weighted by atomic mass is 16.2. The lowest BCUT2D eigenvalue weighted by molar-refractivity contribution is -0.121. The summed E-state index contributed by atoms with van der Waals surface area (Å²) in [5, 5.41) is 10.1. The summed E-state index contributed by atoms with van der Waals surface area (Å²) in [6.07, 6.45) is 3.44. The van der Waals surface area contributed by atoms with Crippen LogP contribution in [0, 0.1) is 19.8 Å². The smallest absolute Gasteiger partial charge is 0.241 e. The maximum absolute atomic E-state index is 12.6. The van der Waals surface area contributed by atoms with E-state index < -0.39 is 0 Å². The van der Waals surface area contributed by atoms with Gasteiger partial charge in [-0.15, -0.1) is 0 Å². The molecule has 2 N–H and O–H groups in total. The zero-order valence-electron chi connectivity index (χ0n) is 15.4. The monoisotopic (exact) mass is 340 g/mol. The van der Waals surface area contributed by atoms with Gasteiger partial charge >= 0.3 is 0 Å². The Kier molecular flexibility index (Phi) is 5.53. The van der Waals surface area contributed by atoms with E-state index in [1.165, 1.54) is 5.56 Å². The molecule has 134 valence electrons. The molecule has 0 radical (unpaired) electrons. The molecule has 2 aromatic rings. The molecule has 1 aromatic heterocycles. The number of rotatable bonds is 5. The SMILES string of the molecule is Cc1n[nH]c(C)c1NC(=O)[C@@H](C)N1CCC(Cc2ccccc2)CC1. The Balaban J connectivity index is 1.51. The van der Waals surface area contributed by atoms with Gasteiger partial charge in [-0.1, -0.05) is 30.3 Å². The van der Waals surface area contributed by atoms with Gasteiger partial charge in [-0.2, -0.15) is 5.10 Å². The topological polar surface area (TPSA) is 61.0 Å². The molecule has 1 atom stereocenters. The van der Waals surface area contributed by atoms with E-state index in [9.17, 15) is 4.79 Å². The molecule has 0 unspecified atom stereocenters. The van der Waals surface area contributed by atoms with Crippen LogP contribution in [0.25, 0.3) is 0 Å². The van der Waals surface area contributed by atoms with Crippen LogP contribution in [-0.4, -0.2) is 40.1 Å². The molecule has 1 aliphatic heterocycles. The number of amides is 1. The number of aryl methyl sites for hydroxylation is 2. The molecule has 0 bridgehead atoms. The van der Waals surface area contributed by atoms with E-state index in [1.54, 1.807) is 0 Å². The van der Waals surface area contributed by atoms with Gasteiger partial charge in [0.15, 0.2) is 0 Å². The molecular weight excluding hydrogens is 312 g/mol. The highest BCUT2D eigenvalue weighted by Gasteiger charge is 2.27. The maximum atomic E-state index is 12.6. The summed E-state index contributed by atoms with van der Waals surface area (Å²) < 4.78 is 0. The average molecular weight is 340 g/mol. The molecule has 25 heavy (non-hydrogen) atoms. The molecule has 5 nitrogen and oxygen atoms in total. The van der Waals surface area contributed by atoms with Gasteiger partial charge in [0.2, 0.25) is 5.91 Å². The highest BCUT2D eigenvalue weighted by Crippen LogP contribution is 2.24. The minimum Gasteiger partial charge on any atom is -0.322 e. The molecule has 1 fully saturated rings. The Morgan fingerprint density at radius 2 is 1.96 bits per heavy atom. The summed E-state index contributed by atoms with van der Waals surface area (Å²) in [7, 11) is 0. The fourth-order valence-corrected chi connectivity index (χ4v) is 3.62. The van der Waals surface area contributed by atoms with E-state index in [1.807, 2.05) is 20.8 Å². The summed E-state index contributed by atoms with van der Waals surface area (Å²) in [6, 6.07) is 10.6. The number of hydrogen-bond donors (Lipinski definition) is 2. The van der Waals surface area contributed by atoms with Gasteiger partial charge < -0.3 is 5.32 Å². The summed E-state index contributed by atoms with van der Waals surface area (Å²) >= 11 is 0. The van der Waals surface area contributed by atoms with Crippen LogP contribution in [0.15, 0.2) is 30.3 Å².